The Balaban J connectivity index is 2.61. The van der Waals surface area contributed by atoms with E-state index in [4.69, 9.17) is 5.11 Å². The highest BCUT2D eigenvalue weighted by Gasteiger charge is 2.30. The fourth-order valence-corrected chi connectivity index (χ4v) is 1.62. The van der Waals surface area contributed by atoms with Crippen molar-refractivity contribution in [2.75, 3.05) is 11.9 Å². The number of carboxylic acid groups (broad SMARTS) is 1. The van der Waals surface area contributed by atoms with E-state index in [0.29, 0.717) is 5.69 Å². The molecule has 20 heavy (non-hydrogen) atoms. The molecular weight excluding hydrogens is 260 g/mol. The largest absolute Gasteiger partial charge is 0.479 e. The van der Waals surface area contributed by atoms with Crippen LogP contribution >= 0.6 is 0 Å². The minimum Gasteiger partial charge on any atom is -0.479 e. The summed E-state index contributed by atoms with van der Waals surface area (Å²) in [6.07, 6.45) is 1.79. The Hall–Kier alpha value is -2.08. The highest BCUT2D eigenvalue weighted by molar-refractivity contribution is 5.90. The summed E-state index contributed by atoms with van der Waals surface area (Å²) in [5.74, 6) is -1.39. The number of hydrogen-bond donors (Lipinski definition) is 4. The molecule has 1 aromatic carbocycles. The normalized spacial score (nSPS) is 13.3. The van der Waals surface area contributed by atoms with E-state index in [0.717, 1.165) is 25.3 Å². The lowest BCUT2D eigenvalue weighted by atomic mass is 10.1. The molecule has 110 valence electrons. The molecule has 0 spiro atoms. The third-order valence-electron chi connectivity index (χ3n) is 2.84. The van der Waals surface area contributed by atoms with Gasteiger partial charge < -0.3 is 20.8 Å². The molecule has 6 heteroatoms. The van der Waals surface area contributed by atoms with Gasteiger partial charge in [-0.2, -0.15) is 0 Å². The molecule has 4 N–H and O–H groups in total. The summed E-state index contributed by atoms with van der Waals surface area (Å²) < 4.78 is 0. The third kappa shape index (κ3) is 4.55. The van der Waals surface area contributed by atoms with E-state index in [1.165, 1.54) is 0 Å². The number of benzene rings is 1. The molecule has 1 atom stereocenters. The molecule has 2 amide bonds. The highest BCUT2D eigenvalue weighted by atomic mass is 16.4. The highest BCUT2D eigenvalue weighted by Crippen LogP contribution is 2.16. The van der Waals surface area contributed by atoms with Crippen LogP contribution in [0.2, 0.25) is 0 Å². The quantitative estimate of drug-likeness (QED) is 0.636. The Labute approximate surface area is 117 Å². The lowest BCUT2D eigenvalue weighted by Gasteiger charge is -2.19. The number of amides is 2. The van der Waals surface area contributed by atoms with Crippen molar-refractivity contribution >= 4 is 17.7 Å². The SMILES string of the molecule is CCCc1ccccc1NC(=O)NCC(C)(O)C(=O)O. The molecule has 6 nitrogen and oxygen atoms in total. The summed E-state index contributed by atoms with van der Waals surface area (Å²) in [6.45, 7) is 2.80. The second kappa shape index (κ2) is 6.91. The number of hydrogen-bond acceptors (Lipinski definition) is 3. The van der Waals surface area contributed by atoms with Crippen molar-refractivity contribution in [3.8, 4) is 0 Å². The summed E-state index contributed by atoms with van der Waals surface area (Å²) >= 11 is 0. The molecule has 0 saturated heterocycles. The number of carbonyl (C=O) groups excluding carboxylic acids is 1. The lowest BCUT2D eigenvalue weighted by Crippen LogP contribution is -2.47. The van der Waals surface area contributed by atoms with Gasteiger partial charge in [0.15, 0.2) is 5.60 Å². The van der Waals surface area contributed by atoms with Crippen LogP contribution in [0.4, 0.5) is 10.5 Å². The molecule has 0 aromatic heterocycles. The van der Waals surface area contributed by atoms with Crippen LogP contribution in [0.5, 0.6) is 0 Å². The second-order valence-electron chi connectivity index (χ2n) is 4.79. The van der Waals surface area contributed by atoms with Crippen molar-refractivity contribution in [3.05, 3.63) is 29.8 Å². The third-order valence-corrected chi connectivity index (χ3v) is 2.84. The first-order chi connectivity index (χ1) is 9.36. The second-order valence-corrected chi connectivity index (χ2v) is 4.79. The molecule has 0 aliphatic rings. The fraction of sp³-hybridized carbons (Fsp3) is 0.429. The minimum atomic E-state index is -1.99. The van der Waals surface area contributed by atoms with Crippen molar-refractivity contribution in [2.45, 2.75) is 32.3 Å². The van der Waals surface area contributed by atoms with Crippen LogP contribution in [0.3, 0.4) is 0 Å². The maximum atomic E-state index is 11.7. The number of para-hydroxylation sites is 1. The Kier molecular flexibility index (Phi) is 5.52. The molecule has 0 aliphatic carbocycles. The Bertz CT molecular complexity index is 486. The van der Waals surface area contributed by atoms with Gasteiger partial charge in [-0.15, -0.1) is 0 Å². The van der Waals surface area contributed by atoms with Gasteiger partial charge in [-0.1, -0.05) is 31.5 Å². The minimum absolute atomic E-state index is 0.371. The van der Waals surface area contributed by atoms with Gasteiger partial charge >= 0.3 is 12.0 Å². The van der Waals surface area contributed by atoms with Gasteiger partial charge in [-0.25, -0.2) is 9.59 Å². The standard InChI is InChI=1S/C14H20N2O4/c1-3-6-10-7-4-5-8-11(10)16-13(19)15-9-14(2,20)12(17)18/h4-5,7-8,20H,3,6,9H2,1-2H3,(H,17,18)(H2,15,16,19). The average molecular weight is 280 g/mol. The zero-order valence-electron chi connectivity index (χ0n) is 11.6. The Morgan fingerprint density at radius 1 is 1.30 bits per heavy atom. The average Bonchev–Trinajstić information content (AvgIpc) is 2.39. The van der Waals surface area contributed by atoms with Crippen molar-refractivity contribution in [3.63, 3.8) is 0 Å². The van der Waals surface area contributed by atoms with E-state index >= 15 is 0 Å². The summed E-state index contributed by atoms with van der Waals surface area (Å²) in [5, 5.41) is 23.2. The zero-order chi connectivity index (χ0) is 15.2. The Morgan fingerprint density at radius 2 is 1.95 bits per heavy atom. The number of nitrogens with one attached hydrogen (secondary N) is 2. The van der Waals surface area contributed by atoms with Crippen LogP contribution in [0.25, 0.3) is 0 Å². The molecule has 0 saturated carbocycles. The maximum Gasteiger partial charge on any atom is 0.337 e. The predicted molar refractivity (Wildman–Crippen MR) is 75.7 cm³/mol. The van der Waals surface area contributed by atoms with E-state index in [-0.39, 0.29) is 6.54 Å². The molecule has 1 rings (SSSR count). The van der Waals surface area contributed by atoms with Crippen molar-refractivity contribution in [1.82, 2.24) is 5.32 Å². The van der Waals surface area contributed by atoms with Gasteiger partial charge in [0.1, 0.15) is 0 Å². The summed E-state index contributed by atoms with van der Waals surface area (Å²) in [7, 11) is 0. The van der Waals surface area contributed by atoms with Gasteiger partial charge in [-0.05, 0) is 25.0 Å². The molecular formula is C14H20N2O4. The van der Waals surface area contributed by atoms with Crippen LogP contribution < -0.4 is 10.6 Å². The molecule has 0 bridgehead atoms. The maximum absolute atomic E-state index is 11.7. The van der Waals surface area contributed by atoms with Gasteiger partial charge in [0, 0.05) is 5.69 Å². The molecule has 0 radical (unpaired) electrons. The number of aryl methyl sites for hydroxylation is 1. The van der Waals surface area contributed by atoms with Crippen LogP contribution in [0, 0.1) is 0 Å². The molecule has 0 heterocycles. The van der Waals surface area contributed by atoms with E-state index in [1.54, 1.807) is 6.07 Å². The van der Waals surface area contributed by atoms with E-state index in [1.807, 2.05) is 25.1 Å². The summed E-state index contributed by atoms with van der Waals surface area (Å²) in [5.41, 5.74) is -0.294. The summed E-state index contributed by atoms with van der Waals surface area (Å²) in [4.78, 5) is 22.4. The number of anilines is 1. The van der Waals surface area contributed by atoms with Gasteiger partial charge in [0.2, 0.25) is 0 Å². The zero-order valence-corrected chi connectivity index (χ0v) is 11.6. The molecule has 1 aromatic rings. The van der Waals surface area contributed by atoms with Crippen molar-refractivity contribution in [1.29, 1.82) is 0 Å². The van der Waals surface area contributed by atoms with Gasteiger partial charge in [0.05, 0.1) is 6.54 Å². The first-order valence-electron chi connectivity index (χ1n) is 6.45. The number of aliphatic carboxylic acids is 1. The van der Waals surface area contributed by atoms with Gasteiger partial charge in [-0.3, -0.25) is 0 Å². The van der Waals surface area contributed by atoms with Crippen molar-refractivity contribution < 1.29 is 19.8 Å². The topological polar surface area (TPSA) is 98.7 Å². The first-order valence-corrected chi connectivity index (χ1v) is 6.45. The number of urea groups is 1. The lowest BCUT2D eigenvalue weighted by molar-refractivity contribution is -0.155. The fourth-order valence-electron chi connectivity index (χ4n) is 1.62. The van der Waals surface area contributed by atoms with E-state index in [9.17, 15) is 14.7 Å². The van der Waals surface area contributed by atoms with E-state index in [2.05, 4.69) is 10.6 Å². The summed E-state index contributed by atoms with van der Waals surface area (Å²) in [6, 6.07) is 6.85. The van der Waals surface area contributed by atoms with E-state index < -0.39 is 17.6 Å². The smallest absolute Gasteiger partial charge is 0.337 e. The van der Waals surface area contributed by atoms with Crippen LogP contribution in [-0.2, 0) is 11.2 Å². The number of carbonyl (C=O) groups is 2. The molecule has 1 unspecified atom stereocenters. The molecule has 0 aliphatic heterocycles. The monoisotopic (exact) mass is 280 g/mol. The molecule has 0 fully saturated rings. The van der Waals surface area contributed by atoms with Crippen LogP contribution in [0.15, 0.2) is 24.3 Å². The van der Waals surface area contributed by atoms with Crippen molar-refractivity contribution in [2.24, 2.45) is 0 Å². The predicted octanol–water partition coefficient (Wildman–Crippen LogP) is 1.60. The van der Waals surface area contributed by atoms with Gasteiger partial charge in [0.25, 0.3) is 0 Å². The van der Waals surface area contributed by atoms with Crippen LogP contribution in [0.1, 0.15) is 25.8 Å². The number of carboxylic acids is 1. The first kappa shape index (κ1) is 16.0. The number of aliphatic hydroxyl groups is 1. The number of rotatable bonds is 6. The van der Waals surface area contributed by atoms with Crippen LogP contribution in [-0.4, -0.2) is 34.4 Å². The Morgan fingerprint density at radius 3 is 2.55 bits per heavy atom.